The fraction of sp³-hybridized carbons (Fsp3) is 0.250. The van der Waals surface area contributed by atoms with Gasteiger partial charge in [0.1, 0.15) is 0 Å². The molecule has 0 aliphatic carbocycles. The fourth-order valence-corrected chi connectivity index (χ4v) is 4.22. The summed E-state index contributed by atoms with van der Waals surface area (Å²) in [5.41, 5.74) is 4.17. The normalized spacial score (nSPS) is 18.8. The van der Waals surface area contributed by atoms with Crippen molar-refractivity contribution >= 4 is 33.1 Å². The van der Waals surface area contributed by atoms with Gasteiger partial charge in [-0.15, -0.1) is 0 Å². The average molecular weight is 383 g/mol. The number of amides is 1. The number of fused-ring (bicyclic) bond motifs is 3. The zero-order chi connectivity index (χ0) is 16.9. The Balaban J connectivity index is 2.01. The van der Waals surface area contributed by atoms with Gasteiger partial charge in [-0.25, -0.2) is 5.01 Å². The van der Waals surface area contributed by atoms with Crippen LogP contribution >= 0.6 is 15.9 Å². The van der Waals surface area contributed by atoms with Crippen molar-refractivity contribution in [2.45, 2.75) is 25.8 Å². The fourth-order valence-electron chi connectivity index (χ4n) is 3.72. The Kier molecular flexibility index (Phi) is 3.53. The van der Waals surface area contributed by atoms with Crippen molar-refractivity contribution in [2.24, 2.45) is 0 Å². The number of halogens is 1. The predicted molar refractivity (Wildman–Crippen MR) is 101 cm³/mol. The third kappa shape index (κ3) is 2.28. The molecule has 1 fully saturated rings. The van der Waals surface area contributed by atoms with Crippen molar-refractivity contribution in [1.82, 2.24) is 5.01 Å². The first kappa shape index (κ1) is 15.5. The van der Waals surface area contributed by atoms with Crippen molar-refractivity contribution < 1.29 is 4.79 Å². The molecule has 0 bridgehead atoms. The van der Waals surface area contributed by atoms with Gasteiger partial charge >= 0.3 is 0 Å². The molecule has 1 saturated heterocycles. The van der Waals surface area contributed by atoms with Gasteiger partial charge in [-0.05, 0) is 43.2 Å². The van der Waals surface area contributed by atoms with Crippen LogP contribution in [0.2, 0.25) is 0 Å². The minimum absolute atomic E-state index is 0.180. The van der Waals surface area contributed by atoms with Crippen LogP contribution in [0, 0.1) is 0 Å². The van der Waals surface area contributed by atoms with E-state index in [-0.39, 0.29) is 5.91 Å². The maximum absolute atomic E-state index is 12.5. The molecule has 0 saturated carbocycles. The minimum atomic E-state index is -0.392. The maximum Gasteiger partial charge on any atom is 0.243 e. The molecule has 1 amide bonds. The topological polar surface area (TPSA) is 23.6 Å². The van der Waals surface area contributed by atoms with E-state index in [4.69, 9.17) is 0 Å². The summed E-state index contributed by atoms with van der Waals surface area (Å²) in [5, 5.41) is 4.05. The van der Waals surface area contributed by atoms with Crippen molar-refractivity contribution in [3.05, 3.63) is 70.2 Å². The molecule has 0 unspecified atom stereocenters. The molecular weight excluding hydrogens is 364 g/mol. The Morgan fingerprint density at radius 1 is 1.00 bits per heavy atom. The van der Waals surface area contributed by atoms with Crippen LogP contribution in [-0.4, -0.2) is 23.0 Å². The number of carbonyl (C=O) groups excluding carboxylic acids is 1. The maximum atomic E-state index is 12.5. The molecule has 3 nitrogen and oxygen atoms in total. The number of rotatable bonds is 1. The van der Waals surface area contributed by atoms with Crippen LogP contribution in [0.3, 0.4) is 0 Å². The van der Waals surface area contributed by atoms with E-state index in [1.54, 1.807) is 0 Å². The molecule has 2 aromatic rings. The number of hydrazine groups is 1. The second kappa shape index (κ2) is 5.49. The van der Waals surface area contributed by atoms with E-state index in [9.17, 15) is 4.79 Å². The van der Waals surface area contributed by atoms with Gasteiger partial charge in [-0.1, -0.05) is 52.3 Å². The number of para-hydroxylation sites is 1. The molecule has 2 aliphatic heterocycles. The third-order valence-corrected chi connectivity index (χ3v) is 5.39. The zero-order valence-electron chi connectivity index (χ0n) is 13.8. The first-order valence-corrected chi connectivity index (χ1v) is 8.96. The summed E-state index contributed by atoms with van der Waals surface area (Å²) in [6.07, 6.45) is 2.78. The van der Waals surface area contributed by atoms with Gasteiger partial charge in [0.15, 0.2) is 0 Å². The molecule has 4 heteroatoms. The predicted octanol–water partition coefficient (Wildman–Crippen LogP) is 4.63. The highest BCUT2D eigenvalue weighted by molar-refractivity contribution is 9.10. The van der Waals surface area contributed by atoms with Crippen molar-refractivity contribution in [3.8, 4) is 0 Å². The van der Waals surface area contributed by atoms with E-state index in [0.29, 0.717) is 6.42 Å². The Labute approximate surface area is 150 Å². The molecule has 0 N–H and O–H groups in total. The average Bonchev–Trinajstić information content (AvgIpc) is 2.91. The van der Waals surface area contributed by atoms with Gasteiger partial charge < -0.3 is 0 Å². The second-order valence-corrected chi connectivity index (χ2v) is 7.64. The lowest BCUT2D eigenvalue weighted by atomic mass is 9.91. The second-order valence-electron chi connectivity index (χ2n) is 6.79. The van der Waals surface area contributed by atoms with E-state index in [1.807, 2.05) is 23.2 Å². The van der Waals surface area contributed by atoms with Crippen LogP contribution in [0.15, 0.2) is 59.1 Å². The summed E-state index contributed by atoms with van der Waals surface area (Å²) in [4.78, 5) is 12.5. The molecule has 2 aromatic carbocycles. The zero-order valence-corrected chi connectivity index (χ0v) is 15.4. The van der Waals surface area contributed by atoms with E-state index in [1.165, 1.54) is 0 Å². The van der Waals surface area contributed by atoms with Crippen LogP contribution in [0.25, 0.3) is 5.57 Å². The quantitative estimate of drug-likeness (QED) is 0.717. The summed E-state index contributed by atoms with van der Waals surface area (Å²) in [5.74, 6) is 0.180. The lowest BCUT2D eigenvalue weighted by Crippen LogP contribution is -2.51. The number of hydrogen-bond donors (Lipinski definition) is 0. The summed E-state index contributed by atoms with van der Waals surface area (Å²) in [6, 6.07) is 16.6. The number of hydrogen-bond acceptors (Lipinski definition) is 2. The summed E-state index contributed by atoms with van der Waals surface area (Å²) in [6.45, 7) is 4.94. The first-order valence-electron chi connectivity index (χ1n) is 8.17. The van der Waals surface area contributed by atoms with Gasteiger partial charge in [0, 0.05) is 23.0 Å². The summed E-state index contributed by atoms with van der Waals surface area (Å²) >= 11 is 3.68. The van der Waals surface area contributed by atoms with Crippen LogP contribution < -0.4 is 5.01 Å². The smallest absolute Gasteiger partial charge is 0.243 e. The van der Waals surface area contributed by atoms with Crippen LogP contribution in [0.4, 0.5) is 5.69 Å². The number of benzene rings is 2. The molecule has 2 aliphatic rings. The highest BCUT2D eigenvalue weighted by Crippen LogP contribution is 2.43. The SMILES string of the molecule is CC1(C)C=C(c2ccccc2Br)c2ccccc2N2CCC(=O)N21. The van der Waals surface area contributed by atoms with Crippen LogP contribution in [-0.2, 0) is 4.79 Å². The molecule has 122 valence electrons. The summed E-state index contributed by atoms with van der Waals surface area (Å²) in [7, 11) is 0. The Bertz CT molecular complexity index is 856. The monoisotopic (exact) mass is 382 g/mol. The number of anilines is 1. The Morgan fingerprint density at radius 3 is 2.42 bits per heavy atom. The molecule has 0 spiro atoms. The largest absolute Gasteiger partial charge is 0.281 e. The molecule has 4 rings (SSSR count). The van der Waals surface area contributed by atoms with Gasteiger partial charge in [-0.2, -0.15) is 0 Å². The van der Waals surface area contributed by atoms with Crippen molar-refractivity contribution in [3.63, 3.8) is 0 Å². The first-order chi connectivity index (χ1) is 11.5. The van der Waals surface area contributed by atoms with Gasteiger partial charge in [0.2, 0.25) is 5.91 Å². The number of carbonyl (C=O) groups is 1. The molecule has 0 atom stereocenters. The standard InChI is InChI=1S/C20H19BrN2O/c1-20(2)13-16(14-7-3-5-9-17(14)21)15-8-4-6-10-18(15)22-12-11-19(24)23(20)22/h3-10,13H,11-12H2,1-2H3. The van der Waals surface area contributed by atoms with E-state index >= 15 is 0 Å². The molecule has 0 radical (unpaired) electrons. The lowest BCUT2D eigenvalue weighted by molar-refractivity contribution is -0.131. The lowest BCUT2D eigenvalue weighted by Gasteiger charge is -2.39. The van der Waals surface area contributed by atoms with Crippen molar-refractivity contribution in [2.75, 3.05) is 11.6 Å². The van der Waals surface area contributed by atoms with Crippen LogP contribution in [0.5, 0.6) is 0 Å². The third-order valence-electron chi connectivity index (χ3n) is 4.69. The Morgan fingerprint density at radius 2 is 1.67 bits per heavy atom. The van der Waals surface area contributed by atoms with E-state index in [2.05, 4.69) is 71.2 Å². The van der Waals surface area contributed by atoms with E-state index < -0.39 is 5.54 Å². The van der Waals surface area contributed by atoms with Gasteiger partial charge in [0.05, 0.1) is 11.2 Å². The van der Waals surface area contributed by atoms with Crippen molar-refractivity contribution in [1.29, 1.82) is 0 Å². The van der Waals surface area contributed by atoms with Crippen LogP contribution in [0.1, 0.15) is 31.4 Å². The summed E-state index contributed by atoms with van der Waals surface area (Å²) < 4.78 is 1.06. The van der Waals surface area contributed by atoms with Gasteiger partial charge in [-0.3, -0.25) is 9.80 Å². The molecule has 2 heterocycles. The van der Waals surface area contributed by atoms with E-state index in [0.717, 1.165) is 33.4 Å². The highest BCUT2D eigenvalue weighted by atomic mass is 79.9. The number of nitrogens with zero attached hydrogens (tertiary/aromatic N) is 2. The Hall–Kier alpha value is -2.07. The molecule has 24 heavy (non-hydrogen) atoms. The minimum Gasteiger partial charge on any atom is -0.281 e. The molecular formula is C20H19BrN2O. The molecule has 0 aromatic heterocycles. The highest BCUT2D eigenvalue weighted by Gasteiger charge is 2.42. The van der Waals surface area contributed by atoms with Gasteiger partial charge in [0.25, 0.3) is 0 Å².